The fourth-order valence-electron chi connectivity index (χ4n) is 2.51. The third-order valence-electron chi connectivity index (χ3n) is 3.71. The average Bonchev–Trinajstić information content (AvgIpc) is 2.97. The summed E-state index contributed by atoms with van der Waals surface area (Å²) in [5.74, 6) is 1.70. The first-order chi connectivity index (χ1) is 9.15. The van der Waals surface area contributed by atoms with Crippen molar-refractivity contribution in [1.29, 1.82) is 0 Å². The van der Waals surface area contributed by atoms with Gasteiger partial charge in [-0.25, -0.2) is 4.39 Å². The molecule has 1 N–H and O–H groups in total. The normalized spacial score (nSPS) is 22.9. The SMILES string of the molecule is Cc1cc(F)ccc1-c1noc(C2CNCC2C)n1. The molecule has 100 valence electrons. The fraction of sp³-hybridized carbons (Fsp3) is 0.429. The van der Waals surface area contributed by atoms with Crippen LogP contribution >= 0.6 is 0 Å². The average molecular weight is 261 g/mol. The number of rotatable bonds is 2. The highest BCUT2D eigenvalue weighted by molar-refractivity contribution is 5.59. The van der Waals surface area contributed by atoms with Crippen LogP contribution < -0.4 is 5.32 Å². The van der Waals surface area contributed by atoms with E-state index in [9.17, 15) is 4.39 Å². The fourth-order valence-corrected chi connectivity index (χ4v) is 2.51. The highest BCUT2D eigenvalue weighted by Gasteiger charge is 2.29. The molecule has 2 unspecified atom stereocenters. The third-order valence-corrected chi connectivity index (χ3v) is 3.71. The molecule has 1 aromatic heterocycles. The quantitative estimate of drug-likeness (QED) is 0.902. The van der Waals surface area contributed by atoms with Crippen molar-refractivity contribution < 1.29 is 8.91 Å². The summed E-state index contributed by atoms with van der Waals surface area (Å²) in [6, 6.07) is 4.58. The zero-order chi connectivity index (χ0) is 13.4. The van der Waals surface area contributed by atoms with E-state index < -0.39 is 0 Å². The van der Waals surface area contributed by atoms with Crippen LogP contribution in [0.4, 0.5) is 4.39 Å². The summed E-state index contributed by atoms with van der Waals surface area (Å²) in [5.41, 5.74) is 1.62. The highest BCUT2D eigenvalue weighted by Crippen LogP contribution is 2.29. The van der Waals surface area contributed by atoms with Gasteiger partial charge in [-0.15, -0.1) is 0 Å². The number of nitrogens with one attached hydrogen (secondary N) is 1. The van der Waals surface area contributed by atoms with Crippen LogP contribution in [0.2, 0.25) is 0 Å². The lowest BCUT2D eigenvalue weighted by molar-refractivity contribution is 0.340. The molecule has 1 aromatic carbocycles. The van der Waals surface area contributed by atoms with Gasteiger partial charge in [-0.3, -0.25) is 0 Å². The van der Waals surface area contributed by atoms with Gasteiger partial charge in [-0.05, 0) is 43.1 Å². The first-order valence-electron chi connectivity index (χ1n) is 6.46. The zero-order valence-corrected chi connectivity index (χ0v) is 11.0. The Kier molecular flexibility index (Phi) is 3.06. The number of halogens is 1. The van der Waals surface area contributed by atoms with Crippen molar-refractivity contribution in [2.45, 2.75) is 19.8 Å². The van der Waals surface area contributed by atoms with E-state index in [1.165, 1.54) is 12.1 Å². The third kappa shape index (κ3) is 2.26. The minimum atomic E-state index is -0.251. The van der Waals surface area contributed by atoms with E-state index in [1.807, 2.05) is 6.92 Å². The standard InChI is InChI=1S/C14H16FN3O/c1-8-5-10(15)3-4-11(8)13-17-14(19-18-13)12-7-16-6-9(12)2/h3-5,9,12,16H,6-7H2,1-2H3. The van der Waals surface area contributed by atoms with Gasteiger partial charge in [0.2, 0.25) is 11.7 Å². The number of aromatic nitrogens is 2. The highest BCUT2D eigenvalue weighted by atomic mass is 19.1. The second-order valence-electron chi connectivity index (χ2n) is 5.16. The molecule has 0 bridgehead atoms. The molecule has 0 spiro atoms. The van der Waals surface area contributed by atoms with Gasteiger partial charge in [0.15, 0.2) is 0 Å². The second kappa shape index (κ2) is 4.74. The van der Waals surface area contributed by atoms with E-state index in [2.05, 4.69) is 22.4 Å². The van der Waals surface area contributed by atoms with Gasteiger partial charge in [0.1, 0.15) is 5.82 Å². The molecule has 1 saturated heterocycles. The van der Waals surface area contributed by atoms with Crippen LogP contribution in [-0.2, 0) is 0 Å². The van der Waals surface area contributed by atoms with Crippen LogP contribution in [0.1, 0.15) is 24.3 Å². The molecule has 19 heavy (non-hydrogen) atoms. The molecule has 0 aliphatic carbocycles. The lowest BCUT2D eigenvalue weighted by atomic mass is 9.98. The lowest BCUT2D eigenvalue weighted by Crippen LogP contribution is -2.08. The molecule has 1 fully saturated rings. The van der Waals surface area contributed by atoms with Crippen LogP contribution in [-0.4, -0.2) is 23.2 Å². The van der Waals surface area contributed by atoms with Gasteiger partial charge < -0.3 is 9.84 Å². The van der Waals surface area contributed by atoms with Crippen molar-refractivity contribution in [2.75, 3.05) is 13.1 Å². The van der Waals surface area contributed by atoms with E-state index >= 15 is 0 Å². The Bertz CT molecular complexity index is 596. The summed E-state index contributed by atoms with van der Waals surface area (Å²) >= 11 is 0. The summed E-state index contributed by atoms with van der Waals surface area (Å²) in [7, 11) is 0. The number of nitrogens with zero attached hydrogens (tertiary/aromatic N) is 2. The zero-order valence-electron chi connectivity index (χ0n) is 11.0. The summed E-state index contributed by atoms with van der Waals surface area (Å²) in [4.78, 5) is 4.46. The van der Waals surface area contributed by atoms with Crippen LogP contribution in [0.25, 0.3) is 11.4 Å². The van der Waals surface area contributed by atoms with Gasteiger partial charge in [0.05, 0.1) is 5.92 Å². The predicted octanol–water partition coefficient (Wildman–Crippen LogP) is 2.51. The lowest BCUT2D eigenvalue weighted by Gasteiger charge is -2.07. The molecular formula is C14H16FN3O. The molecule has 2 aromatic rings. The number of benzene rings is 1. The van der Waals surface area contributed by atoms with Crippen molar-refractivity contribution in [3.05, 3.63) is 35.5 Å². The Morgan fingerprint density at radius 3 is 2.89 bits per heavy atom. The number of hydrogen-bond acceptors (Lipinski definition) is 4. The molecule has 5 heteroatoms. The molecule has 3 rings (SSSR count). The Morgan fingerprint density at radius 1 is 1.37 bits per heavy atom. The molecule has 0 amide bonds. The van der Waals surface area contributed by atoms with Crippen molar-refractivity contribution >= 4 is 0 Å². The second-order valence-corrected chi connectivity index (χ2v) is 5.16. The monoisotopic (exact) mass is 261 g/mol. The Balaban J connectivity index is 1.92. The van der Waals surface area contributed by atoms with Gasteiger partial charge >= 0.3 is 0 Å². The molecule has 2 heterocycles. The summed E-state index contributed by atoms with van der Waals surface area (Å²) in [6.07, 6.45) is 0. The minimum absolute atomic E-state index is 0.251. The largest absolute Gasteiger partial charge is 0.339 e. The van der Waals surface area contributed by atoms with E-state index in [0.717, 1.165) is 24.2 Å². The maximum atomic E-state index is 13.1. The summed E-state index contributed by atoms with van der Waals surface area (Å²) < 4.78 is 18.5. The van der Waals surface area contributed by atoms with Gasteiger partial charge in [0.25, 0.3) is 0 Å². The molecule has 1 aliphatic rings. The molecule has 0 radical (unpaired) electrons. The van der Waals surface area contributed by atoms with Gasteiger partial charge in [-0.2, -0.15) is 4.98 Å². The summed E-state index contributed by atoms with van der Waals surface area (Å²) in [5, 5.41) is 7.33. The first kappa shape index (κ1) is 12.3. The Labute approximate surface area is 111 Å². The van der Waals surface area contributed by atoms with E-state index in [4.69, 9.17) is 4.52 Å². The molecule has 0 saturated carbocycles. The topological polar surface area (TPSA) is 51.0 Å². The van der Waals surface area contributed by atoms with Gasteiger partial charge in [-0.1, -0.05) is 12.1 Å². The maximum Gasteiger partial charge on any atom is 0.231 e. The van der Waals surface area contributed by atoms with Crippen molar-refractivity contribution in [1.82, 2.24) is 15.5 Å². The van der Waals surface area contributed by atoms with Gasteiger partial charge in [0, 0.05) is 12.1 Å². The molecule has 1 aliphatic heterocycles. The van der Waals surface area contributed by atoms with Crippen molar-refractivity contribution in [3.63, 3.8) is 0 Å². The van der Waals surface area contributed by atoms with Crippen LogP contribution in [0.15, 0.2) is 22.7 Å². The number of aryl methyl sites for hydroxylation is 1. The smallest absolute Gasteiger partial charge is 0.231 e. The van der Waals surface area contributed by atoms with Crippen LogP contribution in [0.5, 0.6) is 0 Å². The summed E-state index contributed by atoms with van der Waals surface area (Å²) in [6.45, 7) is 5.84. The minimum Gasteiger partial charge on any atom is -0.339 e. The molecular weight excluding hydrogens is 245 g/mol. The predicted molar refractivity (Wildman–Crippen MR) is 69.2 cm³/mol. The van der Waals surface area contributed by atoms with E-state index in [0.29, 0.717) is 17.6 Å². The molecule has 2 atom stereocenters. The van der Waals surface area contributed by atoms with E-state index in [1.54, 1.807) is 6.07 Å². The van der Waals surface area contributed by atoms with Crippen molar-refractivity contribution in [2.24, 2.45) is 5.92 Å². The number of hydrogen-bond donors (Lipinski definition) is 1. The Hall–Kier alpha value is -1.75. The van der Waals surface area contributed by atoms with Crippen molar-refractivity contribution in [3.8, 4) is 11.4 Å². The van der Waals surface area contributed by atoms with Crippen LogP contribution in [0, 0.1) is 18.7 Å². The maximum absolute atomic E-state index is 13.1. The van der Waals surface area contributed by atoms with E-state index in [-0.39, 0.29) is 11.7 Å². The first-order valence-corrected chi connectivity index (χ1v) is 6.46. The van der Waals surface area contributed by atoms with Crippen LogP contribution in [0.3, 0.4) is 0 Å². The Morgan fingerprint density at radius 2 is 2.21 bits per heavy atom. The molecule has 4 nitrogen and oxygen atoms in total.